The van der Waals surface area contributed by atoms with Crippen LogP contribution in [0.3, 0.4) is 0 Å². The summed E-state index contributed by atoms with van der Waals surface area (Å²) in [6.45, 7) is 3.78. The van der Waals surface area contributed by atoms with Crippen molar-refractivity contribution < 1.29 is 39.8 Å². The SMILES string of the molecule is CC/C=C\C/C=C\C/C=C\C/C=C\CCCCCCCCCCCCCCCCC(=O)NC(COC1OC(CO)C(O)C(O)C1O)C(O)CCCCCCCCCCCCCCCCCCCCCCCCCCCCCCCCCCC. The molecule has 1 rings (SSSR count). The molecule has 0 radical (unpaired) electrons. The highest BCUT2D eigenvalue weighted by molar-refractivity contribution is 5.76. The monoisotopic (exact) mass is 1170 g/mol. The van der Waals surface area contributed by atoms with Crippen LogP contribution in [0.4, 0.5) is 0 Å². The number of aliphatic hydroxyl groups excluding tert-OH is 5. The predicted molar refractivity (Wildman–Crippen MR) is 355 cm³/mol. The molecule has 0 bridgehead atoms. The Labute approximate surface area is 514 Å². The van der Waals surface area contributed by atoms with Crippen LogP contribution in [0, 0.1) is 0 Å². The molecule has 488 valence electrons. The van der Waals surface area contributed by atoms with Crippen molar-refractivity contribution in [3.8, 4) is 0 Å². The Bertz CT molecular complexity index is 1450. The Balaban J connectivity index is 2.09. The average molecular weight is 1170 g/mol. The molecule has 0 aromatic rings. The van der Waals surface area contributed by atoms with Crippen LogP contribution in [0.1, 0.15) is 361 Å². The molecule has 1 aliphatic heterocycles. The largest absolute Gasteiger partial charge is 0.394 e. The summed E-state index contributed by atoms with van der Waals surface area (Å²) in [6.07, 6.45) is 79.1. The highest BCUT2D eigenvalue weighted by atomic mass is 16.7. The zero-order chi connectivity index (χ0) is 60.0. The van der Waals surface area contributed by atoms with Gasteiger partial charge in [0.05, 0.1) is 25.4 Å². The van der Waals surface area contributed by atoms with Crippen molar-refractivity contribution in [2.45, 2.75) is 403 Å². The molecule has 1 fully saturated rings. The molecule has 0 aliphatic carbocycles. The molecule has 1 amide bonds. The van der Waals surface area contributed by atoms with E-state index < -0.39 is 49.5 Å². The topological polar surface area (TPSA) is 149 Å². The zero-order valence-corrected chi connectivity index (χ0v) is 54.7. The smallest absolute Gasteiger partial charge is 0.220 e. The molecular formula is C74H139NO8. The van der Waals surface area contributed by atoms with Crippen LogP contribution in [0.5, 0.6) is 0 Å². The van der Waals surface area contributed by atoms with E-state index in [1.54, 1.807) is 0 Å². The molecule has 7 unspecified atom stereocenters. The van der Waals surface area contributed by atoms with E-state index in [4.69, 9.17) is 9.47 Å². The lowest BCUT2D eigenvalue weighted by molar-refractivity contribution is -0.302. The summed E-state index contributed by atoms with van der Waals surface area (Å²) in [4.78, 5) is 13.2. The third kappa shape index (κ3) is 51.9. The lowest BCUT2D eigenvalue weighted by atomic mass is 9.99. The van der Waals surface area contributed by atoms with E-state index in [-0.39, 0.29) is 12.5 Å². The predicted octanol–water partition coefficient (Wildman–Crippen LogP) is 20.0. The van der Waals surface area contributed by atoms with Gasteiger partial charge >= 0.3 is 0 Å². The first-order chi connectivity index (χ1) is 40.8. The van der Waals surface area contributed by atoms with Crippen molar-refractivity contribution in [3.05, 3.63) is 48.6 Å². The number of allylic oxidation sites excluding steroid dienone is 8. The van der Waals surface area contributed by atoms with Crippen molar-refractivity contribution in [1.29, 1.82) is 0 Å². The van der Waals surface area contributed by atoms with Gasteiger partial charge in [-0.2, -0.15) is 0 Å². The van der Waals surface area contributed by atoms with Crippen molar-refractivity contribution in [2.24, 2.45) is 0 Å². The maximum Gasteiger partial charge on any atom is 0.220 e. The third-order valence-corrected chi connectivity index (χ3v) is 17.4. The van der Waals surface area contributed by atoms with Crippen molar-refractivity contribution >= 4 is 5.91 Å². The number of rotatable bonds is 64. The van der Waals surface area contributed by atoms with Crippen LogP contribution in [0.2, 0.25) is 0 Å². The second-order valence-electron chi connectivity index (χ2n) is 25.4. The second-order valence-corrected chi connectivity index (χ2v) is 25.4. The minimum Gasteiger partial charge on any atom is -0.394 e. The van der Waals surface area contributed by atoms with E-state index in [9.17, 15) is 30.3 Å². The van der Waals surface area contributed by atoms with E-state index in [1.807, 2.05) is 0 Å². The molecule has 7 atom stereocenters. The van der Waals surface area contributed by atoms with Crippen molar-refractivity contribution in [3.63, 3.8) is 0 Å². The quantitative estimate of drug-likeness (QED) is 0.0261. The van der Waals surface area contributed by atoms with Gasteiger partial charge in [0.1, 0.15) is 24.4 Å². The molecule has 9 nitrogen and oxygen atoms in total. The van der Waals surface area contributed by atoms with Gasteiger partial charge in [-0.1, -0.05) is 351 Å². The number of carbonyl (C=O) groups is 1. The van der Waals surface area contributed by atoms with Crippen LogP contribution in [-0.4, -0.2) is 87.5 Å². The van der Waals surface area contributed by atoms with Gasteiger partial charge < -0.3 is 40.3 Å². The second kappa shape index (κ2) is 63.2. The number of ether oxygens (including phenoxy) is 2. The van der Waals surface area contributed by atoms with E-state index >= 15 is 0 Å². The Morgan fingerprint density at radius 2 is 0.747 bits per heavy atom. The molecule has 1 saturated heterocycles. The van der Waals surface area contributed by atoms with Crippen LogP contribution < -0.4 is 5.32 Å². The van der Waals surface area contributed by atoms with Gasteiger partial charge in [-0.15, -0.1) is 0 Å². The van der Waals surface area contributed by atoms with E-state index in [2.05, 4.69) is 67.8 Å². The van der Waals surface area contributed by atoms with Gasteiger partial charge in [0.15, 0.2) is 6.29 Å². The third-order valence-electron chi connectivity index (χ3n) is 17.4. The van der Waals surface area contributed by atoms with E-state index in [1.165, 1.54) is 270 Å². The summed E-state index contributed by atoms with van der Waals surface area (Å²) in [5.74, 6) is -0.140. The number of hydrogen-bond donors (Lipinski definition) is 6. The van der Waals surface area contributed by atoms with Gasteiger partial charge in [0, 0.05) is 6.42 Å². The molecule has 1 aliphatic rings. The maximum absolute atomic E-state index is 13.2. The average Bonchev–Trinajstić information content (AvgIpc) is 3.60. The van der Waals surface area contributed by atoms with Gasteiger partial charge in [0.25, 0.3) is 0 Å². The Hall–Kier alpha value is -1.85. The lowest BCUT2D eigenvalue weighted by Gasteiger charge is -2.40. The van der Waals surface area contributed by atoms with E-state index in [0.717, 1.165) is 64.2 Å². The Kier molecular flexibility index (Phi) is 60.3. The molecule has 0 aromatic carbocycles. The number of unbranched alkanes of at least 4 members (excludes halogenated alkanes) is 46. The molecule has 0 spiro atoms. The lowest BCUT2D eigenvalue weighted by Crippen LogP contribution is -2.60. The van der Waals surface area contributed by atoms with Crippen LogP contribution >= 0.6 is 0 Å². The summed E-state index contributed by atoms with van der Waals surface area (Å²) in [6, 6.07) is -0.722. The first kappa shape index (κ1) is 79.2. The van der Waals surface area contributed by atoms with Crippen molar-refractivity contribution in [1.82, 2.24) is 5.32 Å². The maximum atomic E-state index is 13.2. The molecule has 6 N–H and O–H groups in total. The highest BCUT2D eigenvalue weighted by Crippen LogP contribution is 2.24. The summed E-state index contributed by atoms with van der Waals surface area (Å²) in [5, 5.41) is 55.0. The minimum absolute atomic E-state index is 0.136. The summed E-state index contributed by atoms with van der Waals surface area (Å²) >= 11 is 0. The fourth-order valence-electron chi connectivity index (χ4n) is 11.8. The number of carbonyl (C=O) groups excluding carboxylic acids is 1. The standard InChI is InChI=1S/C74H139NO8/c1-3-5-7-9-11-13-15-17-19-21-23-25-27-29-31-32-33-34-35-36-38-39-41-43-45-47-49-51-53-55-57-59-61-63-68(77)67(66-82-74-73(81)72(80)71(79)69(65-76)83-74)75-70(78)64-62-60-58-56-54-52-50-48-46-44-42-40-37-30-28-26-24-22-20-18-16-14-12-10-8-6-4-2/h6,8,12,14,18,20,24,26,67-69,71-74,76-77,79-81H,3-5,7,9-11,13,15-17,19,21-23,25,27-66H2,1-2H3,(H,75,78)/b8-6-,14-12-,20-18-,26-24-. The van der Waals surface area contributed by atoms with Crippen molar-refractivity contribution in [2.75, 3.05) is 13.2 Å². The number of hydrogen-bond acceptors (Lipinski definition) is 8. The van der Waals surface area contributed by atoms with Crippen LogP contribution in [0.25, 0.3) is 0 Å². The molecule has 1 heterocycles. The number of amides is 1. The highest BCUT2D eigenvalue weighted by Gasteiger charge is 2.44. The van der Waals surface area contributed by atoms with Crippen LogP contribution in [0.15, 0.2) is 48.6 Å². The Morgan fingerprint density at radius 1 is 0.422 bits per heavy atom. The summed E-state index contributed by atoms with van der Waals surface area (Å²) in [5.41, 5.74) is 0. The molecule has 0 aromatic heterocycles. The zero-order valence-electron chi connectivity index (χ0n) is 54.7. The van der Waals surface area contributed by atoms with Gasteiger partial charge in [-0.3, -0.25) is 4.79 Å². The molecular weight excluding hydrogens is 1030 g/mol. The van der Waals surface area contributed by atoms with Gasteiger partial charge in [0.2, 0.25) is 5.91 Å². The van der Waals surface area contributed by atoms with Gasteiger partial charge in [-0.05, 0) is 51.4 Å². The fraction of sp³-hybridized carbons (Fsp3) is 0.878. The molecule has 9 heteroatoms. The summed E-state index contributed by atoms with van der Waals surface area (Å²) < 4.78 is 11.4. The fourth-order valence-corrected chi connectivity index (χ4v) is 11.8. The minimum atomic E-state index is -1.56. The number of aliphatic hydroxyl groups is 5. The number of nitrogens with one attached hydrogen (secondary N) is 1. The normalized spacial score (nSPS) is 18.5. The first-order valence-corrected chi connectivity index (χ1v) is 36.3. The Morgan fingerprint density at radius 3 is 1.11 bits per heavy atom. The molecule has 83 heavy (non-hydrogen) atoms. The van der Waals surface area contributed by atoms with Gasteiger partial charge in [-0.25, -0.2) is 0 Å². The van der Waals surface area contributed by atoms with E-state index in [0.29, 0.717) is 12.8 Å². The molecule has 0 saturated carbocycles. The summed E-state index contributed by atoms with van der Waals surface area (Å²) in [7, 11) is 0. The van der Waals surface area contributed by atoms with Crippen LogP contribution in [-0.2, 0) is 14.3 Å². The first-order valence-electron chi connectivity index (χ1n) is 36.3.